The number of anilines is 1. The van der Waals surface area contributed by atoms with Crippen LogP contribution in [0.5, 0.6) is 0 Å². The predicted molar refractivity (Wildman–Crippen MR) is 110 cm³/mol. The standard InChI is InChI=1S/C20H22Cl2FN3O2/c1-3-26(12-18(27)24-11-14-7-9-15(23)10-8-14)13(2)20(28)25-17-6-4-5-16(21)19(17)22/h4-10,13H,3,11-12H2,1-2H3,(H,24,27)(H,25,28). The van der Waals surface area contributed by atoms with Gasteiger partial charge in [0.05, 0.1) is 28.3 Å². The van der Waals surface area contributed by atoms with Crippen molar-refractivity contribution in [2.24, 2.45) is 0 Å². The van der Waals surface area contributed by atoms with Crippen LogP contribution in [0.2, 0.25) is 10.0 Å². The van der Waals surface area contributed by atoms with Gasteiger partial charge < -0.3 is 10.6 Å². The van der Waals surface area contributed by atoms with E-state index in [-0.39, 0.29) is 35.7 Å². The number of nitrogens with zero attached hydrogens (tertiary/aromatic N) is 1. The Balaban J connectivity index is 1.91. The van der Waals surface area contributed by atoms with Gasteiger partial charge in [0.25, 0.3) is 0 Å². The van der Waals surface area contributed by atoms with Crippen LogP contribution in [0, 0.1) is 5.82 Å². The van der Waals surface area contributed by atoms with Gasteiger partial charge in [-0.25, -0.2) is 4.39 Å². The Bertz CT molecular complexity index is 831. The second kappa shape index (κ2) is 10.4. The zero-order valence-corrected chi connectivity index (χ0v) is 17.1. The molecule has 2 rings (SSSR count). The molecule has 0 aromatic heterocycles. The van der Waals surface area contributed by atoms with Crippen molar-refractivity contribution in [1.29, 1.82) is 0 Å². The fraction of sp³-hybridized carbons (Fsp3) is 0.300. The third kappa shape index (κ3) is 6.19. The highest BCUT2D eigenvalue weighted by atomic mass is 35.5. The minimum atomic E-state index is -0.559. The Morgan fingerprint density at radius 2 is 1.82 bits per heavy atom. The van der Waals surface area contributed by atoms with Crippen molar-refractivity contribution in [3.8, 4) is 0 Å². The number of carbonyl (C=O) groups is 2. The maximum atomic E-state index is 12.9. The van der Waals surface area contributed by atoms with Crippen molar-refractivity contribution >= 4 is 40.7 Å². The number of amides is 2. The minimum absolute atomic E-state index is 0.0512. The Morgan fingerprint density at radius 3 is 2.46 bits per heavy atom. The lowest BCUT2D eigenvalue weighted by molar-refractivity contribution is -0.125. The summed E-state index contributed by atoms with van der Waals surface area (Å²) >= 11 is 12.1. The lowest BCUT2D eigenvalue weighted by Gasteiger charge is -2.26. The third-order valence-electron chi connectivity index (χ3n) is 4.29. The van der Waals surface area contributed by atoms with E-state index >= 15 is 0 Å². The number of nitrogens with one attached hydrogen (secondary N) is 2. The summed E-state index contributed by atoms with van der Waals surface area (Å²) in [6.07, 6.45) is 0. The molecule has 2 amide bonds. The summed E-state index contributed by atoms with van der Waals surface area (Å²) in [5.74, 6) is -0.851. The van der Waals surface area contributed by atoms with Crippen LogP contribution in [0.1, 0.15) is 19.4 Å². The number of hydrogen-bond acceptors (Lipinski definition) is 3. The molecular formula is C20H22Cl2FN3O2. The monoisotopic (exact) mass is 425 g/mol. The molecule has 1 unspecified atom stereocenters. The average molecular weight is 426 g/mol. The van der Waals surface area contributed by atoms with E-state index in [0.29, 0.717) is 17.3 Å². The molecule has 0 spiro atoms. The lowest BCUT2D eigenvalue weighted by Crippen LogP contribution is -2.46. The van der Waals surface area contributed by atoms with Crippen LogP contribution in [0.15, 0.2) is 42.5 Å². The van der Waals surface area contributed by atoms with Crippen molar-refractivity contribution in [3.63, 3.8) is 0 Å². The first-order valence-corrected chi connectivity index (χ1v) is 9.57. The van der Waals surface area contributed by atoms with Crippen LogP contribution >= 0.6 is 23.2 Å². The van der Waals surface area contributed by atoms with Gasteiger partial charge in [-0.15, -0.1) is 0 Å². The fourth-order valence-corrected chi connectivity index (χ4v) is 2.92. The first-order valence-electron chi connectivity index (χ1n) is 8.82. The Labute approximate surface area is 173 Å². The molecule has 0 aliphatic rings. The zero-order chi connectivity index (χ0) is 20.7. The molecule has 0 aliphatic carbocycles. The quantitative estimate of drug-likeness (QED) is 0.668. The molecule has 2 aromatic rings. The highest BCUT2D eigenvalue weighted by molar-refractivity contribution is 6.44. The van der Waals surface area contributed by atoms with Crippen molar-refractivity contribution in [3.05, 3.63) is 63.9 Å². The summed E-state index contributed by atoms with van der Waals surface area (Å²) in [5.41, 5.74) is 1.21. The minimum Gasteiger partial charge on any atom is -0.351 e. The lowest BCUT2D eigenvalue weighted by atomic mass is 10.2. The Morgan fingerprint density at radius 1 is 1.14 bits per heavy atom. The molecule has 2 N–H and O–H groups in total. The van der Waals surface area contributed by atoms with Crippen molar-refractivity contribution in [2.75, 3.05) is 18.4 Å². The summed E-state index contributed by atoms with van der Waals surface area (Å²) in [5, 5.41) is 6.12. The molecule has 1 atom stereocenters. The van der Waals surface area contributed by atoms with Gasteiger partial charge in [-0.3, -0.25) is 14.5 Å². The molecule has 0 fully saturated rings. The van der Waals surface area contributed by atoms with Gasteiger partial charge in [0, 0.05) is 6.54 Å². The van der Waals surface area contributed by atoms with Crippen LogP contribution < -0.4 is 10.6 Å². The molecule has 0 radical (unpaired) electrons. The molecule has 8 heteroatoms. The summed E-state index contributed by atoms with van der Waals surface area (Å²) in [6, 6.07) is 10.3. The van der Waals surface area contributed by atoms with Crippen LogP contribution in [0.25, 0.3) is 0 Å². The molecule has 2 aromatic carbocycles. The molecular weight excluding hydrogens is 404 g/mol. The molecule has 28 heavy (non-hydrogen) atoms. The largest absolute Gasteiger partial charge is 0.351 e. The summed E-state index contributed by atoms with van der Waals surface area (Å²) in [4.78, 5) is 26.5. The molecule has 0 heterocycles. The van der Waals surface area contributed by atoms with E-state index in [1.54, 1.807) is 42.2 Å². The predicted octanol–water partition coefficient (Wildman–Crippen LogP) is 4.10. The Kier molecular flexibility index (Phi) is 8.23. The van der Waals surface area contributed by atoms with E-state index in [0.717, 1.165) is 5.56 Å². The molecule has 0 saturated heterocycles. The maximum absolute atomic E-state index is 12.9. The van der Waals surface area contributed by atoms with Gasteiger partial charge in [0.15, 0.2) is 0 Å². The third-order valence-corrected chi connectivity index (χ3v) is 5.11. The Hall–Kier alpha value is -2.15. The molecule has 0 aliphatic heterocycles. The van der Waals surface area contributed by atoms with Gasteiger partial charge >= 0.3 is 0 Å². The van der Waals surface area contributed by atoms with Crippen molar-refractivity contribution in [1.82, 2.24) is 10.2 Å². The molecule has 5 nitrogen and oxygen atoms in total. The molecule has 0 bridgehead atoms. The van der Waals surface area contributed by atoms with Gasteiger partial charge in [0.1, 0.15) is 5.82 Å². The summed E-state index contributed by atoms with van der Waals surface area (Å²) in [6.45, 7) is 4.42. The molecule has 0 saturated carbocycles. The highest BCUT2D eigenvalue weighted by Gasteiger charge is 2.23. The summed E-state index contributed by atoms with van der Waals surface area (Å²) in [7, 11) is 0. The smallest absolute Gasteiger partial charge is 0.241 e. The second-order valence-corrected chi connectivity index (χ2v) is 7.02. The summed E-state index contributed by atoms with van der Waals surface area (Å²) < 4.78 is 12.9. The number of likely N-dealkylation sites (N-methyl/N-ethyl adjacent to an activating group) is 1. The number of hydrogen-bond donors (Lipinski definition) is 2. The van der Waals surface area contributed by atoms with Crippen LogP contribution in [0.3, 0.4) is 0 Å². The van der Waals surface area contributed by atoms with Crippen molar-refractivity contribution in [2.45, 2.75) is 26.4 Å². The van der Waals surface area contributed by atoms with Crippen LogP contribution in [-0.4, -0.2) is 35.8 Å². The second-order valence-electron chi connectivity index (χ2n) is 6.23. The first-order chi connectivity index (χ1) is 13.3. The topological polar surface area (TPSA) is 61.4 Å². The van der Waals surface area contributed by atoms with E-state index in [4.69, 9.17) is 23.2 Å². The number of benzene rings is 2. The number of rotatable bonds is 8. The fourth-order valence-electron chi connectivity index (χ4n) is 2.57. The van der Waals surface area contributed by atoms with E-state index in [9.17, 15) is 14.0 Å². The molecule has 150 valence electrons. The zero-order valence-electron chi connectivity index (χ0n) is 15.6. The SMILES string of the molecule is CCN(CC(=O)NCc1ccc(F)cc1)C(C)C(=O)Nc1cccc(Cl)c1Cl. The van der Waals surface area contributed by atoms with Gasteiger partial charge in [-0.1, -0.05) is 48.3 Å². The number of halogens is 3. The first kappa shape index (κ1) is 22.1. The van der Waals surface area contributed by atoms with E-state index in [2.05, 4.69) is 10.6 Å². The van der Waals surface area contributed by atoms with Gasteiger partial charge in [-0.05, 0) is 43.3 Å². The number of carbonyl (C=O) groups excluding carboxylic acids is 2. The van der Waals surface area contributed by atoms with Gasteiger partial charge in [0.2, 0.25) is 11.8 Å². The highest BCUT2D eigenvalue weighted by Crippen LogP contribution is 2.29. The van der Waals surface area contributed by atoms with Crippen LogP contribution in [0.4, 0.5) is 10.1 Å². The van der Waals surface area contributed by atoms with E-state index < -0.39 is 6.04 Å². The van der Waals surface area contributed by atoms with Crippen LogP contribution in [-0.2, 0) is 16.1 Å². The maximum Gasteiger partial charge on any atom is 0.241 e. The van der Waals surface area contributed by atoms with Gasteiger partial charge in [-0.2, -0.15) is 0 Å². The van der Waals surface area contributed by atoms with E-state index in [1.165, 1.54) is 12.1 Å². The average Bonchev–Trinajstić information content (AvgIpc) is 2.68. The normalized spacial score (nSPS) is 11.9. The van der Waals surface area contributed by atoms with E-state index in [1.807, 2.05) is 6.92 Å². The van der Waals surface area contributed by atoms with Crippen molar-refractivity contribution < 1.29 is 14.0 Å².